The smallest absolute Gasteiger partial charge is 0.160 e. The van der Waals surface area contributed by atoms with Gasteiger partial charge < -0.3 is 9.30 Å². The molecule has 0 amide bonds. The molecular formula is C29H28F2N4O. The first-order valence-electron chi connectivity index (χ1n) is 13.0. The highest BCUT2D eigenvalue weighted by atomic mass is 19.2. The second kappa shape index (κ2) is 7.88. The predicted molar refractivity (Wildman–Crippen MR) is 133 cm³/mol. The molecule has 0 atom stereocenters. The highest BCUT2D eigenvalue weighted by molar-refractivity contribution is 6.05. The Morgan fingerprint density at radius 1 is 1.08 bits per heavy atom. The molecule has 2 aromatic heterocycles. The van der Waals surface area contributed by atoms with Gasteiger partial charge in [0, 0.05) is 47.4 Å². The van der Waals surface area contributed by atoms with Crippen LogP contribution in [0.1, 0.15) is 74.1 Å². The van der Waals surface area contributed by atoms with Crippen LogP contribution in [-0.4, -0.2) is 28.0 Å². The van der Waals surface area contributed by atoms with Crippen molar-refractivity contribution in [1.29, 1.82) is 5.26 Å². The van der Waals surface area contributed by atoms with Crippen LogP contribution in [0.25, 0.3) is 27.5 Å². The molecule has 1 spiro atoms. The van der Waals surface area contributed by atoms with Crippen molar-refractivity contribution in [1.82, 2.24) is 14.8 Å². The summed E-state index contributed by atoms with van der Waals surface area (Å²) >= 11 is 0. The Morgan fingerprint density at radius 3 is 2.56 bits per heavy atom. The molecule has 4 aromatic rings. The number of hydrogen-bond acceptors (Lipinski definition) is 3. The van der Waals surface area contributed by atoms with Crippen molar-refractivity contribution in [2.24, 2.45) is 11.3 Å². The zero-order chi connectivity index (χ0) is 24.6. The van der Waals surface area contributed by atoms with Crippen LogP contribution in [0.2, 0.25) is 0 Å². The van der Waals surface area contributed by atoms with Crippen LogP contribution in [0.15, 0.2) is 30.5 Å². The Kier molecular flexibility index (Phi) is 4.81. The number of halogens is 2. The lowest BCUT2D eigenvalue weighted by atomic mass is 9.47. The monoisotopic (exact) mass is 486 g/mol. The molecule has 2 aliphatic carbocycles. The van der Waals surface area contributed by atoms with Gasteiger partial charge in [-0.1, -0.05) is 6.92 Å². The molecule has 3 aliphatic rings. The van der Waals surface area contributed by atoms with E-state index in [2.05, 4.69) is 27.8 Å². The van der Waals surface area contributed by atoms with Crippen molar-refractivity contribution in [3.8, 4) is 11.8 Å². The second-order valence-electron chi connectivity index (χ2n) is 11.3. The molecule has 2 saturated carbocycles. The number of H-pyrrole nitrogens is 1. The summed E-state index contributed by atoms with van der Waals surface area (Å²) in [4.78, 5) is 0. The van der Waals surface area contributed by atoms with Crippen LogP contribution in [-0.2, 0) is 4.74 Å². The van der Waals surface area contributed by atoms with Crippen molar-refractivity contribution < 1.29 is 13.5 Å². The first-order chi connectivity index (χ1) is 17.5. The predicted octanol–water partition coefficient (Wildman–Crippen LogP) is 6.84. The van der Waals surface area contributed by atoms with E-state index in [9.17, 15) is 14.0 Å². The molecule has 184 valence electrons. The minimum absolute atomic E-state index is 0.217. The van der Waals surface area contributed by atoms with Gasteiger partial charge in [0.15, 0.2) is 11.6 Å². The van der Waals surface area contributed by atoms with E-state index < -0.39 is 11.6 Å². The van der Waals surface area contributed by atoms with E-state index in [0.29, 0.717) is 35.8 Å². The summed E-state index contributed by atoms with van der Waals surface area (Å²) in [5.74, 6) is -0.391. The fourth-order valence-electron chi connectivity index (χ4n) is 7.65. The Labute approximate surface area is 208 Å². The van der Waals surface area contributed by atoms with Crippen molar-refractivity contribution in [2.45, 2.75) is 57.3 Å². The average Bonchev–Trinajstić information content (AvgIpc) is 3.44. The van der Waals surface area contributed by atoms with E-state index >= 15 is 0 Å². The van der Waals surface area contributed by atoms with E-state index in [1.807, 2.05) is 6.07 Å². The summed E-state index contributed by atoms with van der Waals surface area (Å²) < 4.78 is 36.3. The van der Waals surface area contributed by atoms with Crippen molar-refractivity contribution in [2.75, 3.05) is 13.2 Å². The Morgan fingerprint density at radius 2 is 1.86 bits per heavy atom. The molecule has 1 saturated heterocycles. The van der Waals surface area contributed by atoms with Crippen molar-refractivity contribution in [3.05, 3.63) is 58.9 Å². The molecule has 0 bridgehead atoms. The first kappa shape index (κ1) is 22.0. The van der Waals surface area contributed by atoms with Crippen LogP contribution in [0.5, 0.6) is 0 Å². The Bertz CT molecular complexity index is 1540. The van der Waals surface area contributed by atoms with Crippen LogP contribution in [0, 0.1) is 34.3 Å². The highest BCUT2D eigenvalue weighted by Gasteiger charge is 2.53. The van der Waals surface area contributed by atoms with Crippen molar-refractivity contribution >= 4 is 21.8 Å². The number of nitriles is 1. The molecule has 0 radical (unpaired) electrons. The molecule has 3 fully saturated rings. The largest absolute Gasteiger partial charge is 0.381 e. The molecule has 7 rings (SSSR count). The molecule has 1 N–H and O–H groups in total. The van der Waals surface area contributed by atoms with Crippen LogP contribution in [0.4, 0.5) is 8.78 Å². The highest BCUT2D eigenvalue weighted by Crippen LogP contribution is 2.65. The van der Waals surface area contributed by atoms with E-state index in [4.69, 9.17) is 4.74 Å². The third-order valence-electron chi connectivity index (χ3n) is 8.96. The van der Waals surface area contributed by atoms with E-state index in [1.165, 1.54) is 30.5 Å². The molecule has 0 unspecified atom stereocenters. The zero-order valence-corrected chi connectivity index (χ0v) is 20.3. The van der Waals surface area contributed by atoms with Gasteiger partial charge >= 0.3 is 0 Å². The third-order valence-corrected chi connectivity index (χ3v) is 8.96. The third kappa shape index (κ3) is 3.10. The summed E-state index contributed by atoms with van der Waals surface area (Å²) in [7, 11) is 0. The summed E-state index contributed by atoms with van der Waals surface area (Å²) in [6.07, 6.45) is 8.24. The van der Waals surface area contributed by atoms with Crippen LogP contribution < -0.4 is 0 Å². The van der Waals surface area contributed by atoms with Crippen LogP contribution in [0.3, 0.4) is 0 Å². The molecule has 3 heterocycles. The number of nitrogens with one attached hydrogen (secondary N) is 1. The van der Waals surface area contributed by atoms with Gasteiger partial charge in [0.2, 0.25) is 0 Å². The summed E-state index contributed by atoms with van der Waals surface area (Å²) in [5, 5.41) is 19.4. The standard InChI is InChI=1S/C29H28F2N4O/c1-16-10-29(11-16)12-19(13-29)25-26-21(14-32)27-18(15-33-34-27)8-24(26)35(20-2-3-22(30)23(31)9-20)28(25)17-4-6-36-7-5-17/h2-3,8-9,15-17,19H,4-7,10-13H2,1H3,(H,33,34). The molecule has 7 heteroatoms. The number of rotatable bonds is 3. The quantitative estimate of drug-likeness (QED) is 0.345. The Hall–Kier alpha value is -3.24. The molecule has 2 aromatic carbocycles. The number of aromatic amines is 1. The molecule has 5 nitrogen and oxygen atoms in total. The van der Waals surface area contributed by atoms with E-state index in [0.717, 1.165) is 59.1 Å². The molecule has 1 aliphatic heterocycles. The first-order valence-corrected chi connectivity index (χ1v) is 13.0. The Balaban J connectivity index is 1.54. The zero-order valence-electron chi connectivity index (χ0n) is 20.3. The SMILES string of the molecule is CC1CC2(C1)CC(c1c(C3CCOCC3)n(-c3ccc(F)c(F)c3)c3cc4cn[nH]c4c(C#N)c13)C2. The van der Waals surface area contributed by atoms with Gasteiger partial charge in [-0.2, -0.15) is 10.4 Å². The van der Waals surface area contributed by atoms with Gasteiger partial charge in [-0.25, -0.2) is 8.78 Å². The fourth-order valence-corrected chi connectivity index (χ4v) is 7.65. The maximum atomic E-state index is 14.5. The van der Waals surface area contributed by atoms with Gasteiger partial charge in [-0.15, -0.1) is 0 Å². The average molecular weight is 487 g/mol. The topological polar surface area (TPSA) is 66.6 Å². The van der Waals surface area contributed by atoms with Gasteiger partial charge in [0.05, 0.1) is 22.8 Å². The maximum absolute atomic E-state index is 14.5. The number of aromatic nitrogens is 3. The minimum atomic E-state index is -0.871. The number of ether oxygens (including phenoxy) is 1. The van der Waals surface area contributed by atoms with E-state index in [-0.39, 0.29) is 5.92 Å². The van der Waals surface area contributed by atoms with Crippen molar-refractivity contribution in [3.63, 3.8) is 0 Å². The van der Waals surface area contributed by atoms with Gasteiger partial charge in [-0.3, -0.25) is 5.10 Å². The van der Waals surface area contributed by atoms with Gasteiger partial charge in [0.25, 0.3) is 0 Å². The lowest BCUT2D eigenvalue weighted by Gasteiger charge is -2.57. The molecular weight excluding hydrogens is 458 g/mol. The van der Waals surface area contributed by atoms with E-state index in [1.54, 1.807) is 12.3 Å². The summed E-state index contributed by atoms with van der Waals surface area (Å²) in [5.41, 5.74) is 5.57. The normalized spacial score (nSPS) is 26.3. The summed E-state index contributed by atoms with van der Waals surface area (Å²) in [6.45, 7) is 3.67. The molecule has 36 heavy (non-hydrogen) atoms. The number of nitrogens with zero attached hydrogens (tertiary/aromatic N) is 3. The number of benzene rings is 2. The lowest BCUT2D eigenvalue weighted by molar-refractivity contribution is -0.0342. The minimum Gasteiger partial charge on any atom is -0.381 e. The number of fused-ring (bicyclic) bond motifs is 2. The van der Waals surface area contributed by atoms with Gasteiger partial charge in [0.1, 0.15) is 6.07 Å². The maximum Gasteiger partial charge on any atom is 0.160 e. The number of hydrogen-bond donors (Lipinski definition) is 1. The van der Waals surface area contributed by atoms with Gasteiger partial charge in [-0.05, 0) is 79.5 Å². The lowest BCUT2D eigenvalue weighted by Crippen LogP contribution is -2.45. The van der Waals surface area contributed by atoms with Crippen LogP contribution >= 0.6 is 0 Å². The summed E-state index contributed by atoms with van der Waals surface area (Å²) in [6, 6.07) is 8.63. The fraction of sp³-hybridized carbons (Fsp3) is 0.448. The second-order valence-corrected chi connectivity index (χ2v) is 11.3.